The molecule has 548 valence electrons. The Morgan fingerprint density at radius 2 is 0.225 bits per heavy atom. The van der Waals surface area contributed by atoms with E-state index >= 15 is 0 Å². The summed E-state index contributed by atoms with van der Waals surface area (Å²) in [6.45, 7) is 50.6. The zero-order valence-corrected chi connectivity index (χ0v) is 81.0. The van der Waals surface area contributed by atoms with Crippen LogP contribution in [0, 0.1) is 0 Å². The monoisotopic (exact) mass is 1620 g/mol. The van der Waals surface area contributed by atoms with E-state index < -0.39 is 50.7 Å². The average Bonchev–Trinajstić information content (AvgIpc) is 1.65. The third-order valence-corrected chi connectivity index (χ3v) is 28.8. The van der Waals surface area contributed by atoms with Gasteiger partial charge in [-0.3, -0.25) is 26.6 Å². The van der Waals surface area contributed by atoms with Gasteiger partial charge in [0, 0.05) is 139 Å². The molecule has 0 radical (unpaired) electrons. The molecular weight excluding hydrogens is 1500 g/mol. The quantitative estimate of drug-likeness (QED) is 0.162. The Kier molecular flexibility index (Phi) is 148. The molecule has 0 saturated carbocycles. The summed E-state index contributed by atoms with van der Waals surface area (Å²) in [6, 6.07) is 0. The first-order valence-electron chi connectivity index (χ1n) is 30.5. The minimum atomic E-state index is -1.63. The maximum atomic E-state index is 11.9. The maximum absolute atomic E-state index is 11.9. The molecule has 0 bridgehead atoms. The van der Waals surface area contributed by atoms with E-state index in [9.17, 15) is 29.4 Å². The average molecular weight is 1620 g/mol. The van der Waals surface area contributed by atoms with Crippen molar-refractivity contribution in [1.82, 2.24) is 26.6 Å². The van der Waals surface area contributed by atoms with Crippen molar-refractivity contribution < 1.29 is 399 Å². The SMILES string of the molecule is C1CCOC1.C1CCOC1.C1CCOC1.C1CCOC1.C1CCOC1.C1CCOC1.C1CCOC1.C1CCOC1.CC(C)(C)N1P([O-])N(C(C)(C)C)P1[O-].CC(C)(C)N1P([O-])N(C(C)(C)C)P1[O-].CC(C)(C)N1P([O-])N(C(C)(C)C)P1[O-].[Cl-].[Cl-].[Cl-].[Cl-].[Cl-].[Cl-].[Cl-].[Li+].[Li+].[Li+].[Li+].[Li+].[Li+].[Li+].[Li+].[Li+].[Li+].[Li+].[Li+].[Li+]. The van der Waals surface area contributed by atoms with Crippen LogP contribution >= 0.6 is 50.7 Å². The van der Waals surface area contributed by atoms with Crippen molar-refractivity contribution in [2.75, 3.05) is 106 Å². The number of nitrogens with zero attached hydrogens (tertiary/aromatic N) is 6. The van der Waals surface area contributed by atoms with E-state index in [1.54, 1.807) is 26.6 Å². The van der Waals surface area contributed by atoms with Crippen LogP contribution in [0.5, 0.6) is 0 Å². The number of ether oxygens (including phenoxy) is 8. The van der Waals surface area contributed by atoms with Gasteiger partial charge in [0.15, 0.2) is 0 Å². The van der Waals surface area contributed by atoms with Crippen LogP contribution in [-0.4, -0.2) is 166 Å². The number of halogens is 7. The first-order chi connectivity index (χ1) is 38.2. The minimum Gasteiger partial charge on any atom is -1.00 e. The first kappa shape index (κ1) is 164. The minimum absolute atomic E-state index is 0. The number of hydrogen-bond acceptors (Lipinski definition) is 20. The van der Waals surface area contributed by atoms with Gasteiger partial charge in [-0.25, -0.2) is 0 Å². The molecule has 11 heterocycles. The Morgan fingerprint density at radius 3 is 0.255 bits per heavy atom. The van der Waals surface area contributed by atoms with Gasteiger partial charge in [0.2, 0.25) is 0 Å². The molecule has 0 N–H and O–H groups in total. The van der Waals surface area contributed by atoms with Crippen LogP contribution in [0.25, 0.3) is 0 Å². The van der Waals surface area contributed by atoms with Crippen molar-refractivity contribution in [3.8, 4) is 0 Å². The molecule has 0 aliphatic carbocycles. The van der Waals surface area contributed by atoms with Crippen LogP contribution in [0.1, 0.15) is 227 Å². The van der Waals surface area contributed by atoms with E-state index in [2.05, 4.69) is 0 Å². The molecule has 0 atom stereocenters. The second-order valence-corrected chi connectivity index (χ2v) is 36.6. The molecule has 20 nitrogen and oxygen atoms in total. The summed E-state index contributed by atoms with van der Waals surface area (Å²) in [4.78, 5) is 71.3. The summed E-state index contributed by atoms with van der Waals surface area (Å²) in [5, 5.41) is 0. The van der Waals surface area contributed by atoms with Crippen molar-refractivity contribution in [2.24, 2.45) is 0 Å². The maximum Gasteiger partial charge on any atom is 1.00 e. The molecule has 0 spiro atoms. The number of hydrogen-bond donors (Lipinski definition) is 0. The van der Waals surface area contributed by atoms with Crippen LogP contribution in [0.15, 0.2) is 0 Å². The van der Waals surface area contributed by atoms with E-state index in [1.165, 1.54) is 103 Å². The Bertz CT molecular complexity index is 1250. The fourth-order valence-electron chi connectivity index (χ4n) is 7.94. The molecule has 11 fully saturated rings. The molecule has 11 rings (SSSR count). The third kappa shape index (κ3) is 74.2. The van der Waals surface area contributed by atoms with Gasteiger partial charge in [0.05, 0.1) is 0 Å². The summed E-state index contributed by atoms with van der Waals surface area (Å²) in [7, 11) is -9.76. The summed E-state index contributed by atoms with van der Waals surface area (Å²) >= 11 is 0. The molecule has 102 heavy (non-hydrogen) atoms. The Labute approximate surface area is 831 Å². The van der Waals surface area contributed by atoms with Crippen molar-refractivity contribution >= 4 is 50.7 Å². The van der Waals surface area contributed by atoms with Gasteiger partial charge in [-0.15, -0.1) is 0 Å². The zero-order valence-electron chi connectivity index (χ0n) is 70.4. The molecule has 0 unspecified atom stereocenters. The molecule has 0 aromatic heterocycles. The van der Waals surface area contributed by atoms with Gasteiger partial charge in [-0.05, 0) is 278 Å². The normalized spacial score (nSPS) is 22.5. The molecule has 11 aliphatic rings. The summed E-state index contributed by atoms with van der Waals surface area (Å²) < 4.78 is 49.1. The fraction of sp³-hybridized carbons (Fsp3) is 1.00. The number of rotatable bonds is 0. The van der Waals surface area contributed by atoms with Crippen molar-refractivity contribution in [3.05, 3.63) is 0 Å². The van der Waals surface area contributed by atoms with E-state index in [0.29, 0.717) is 0 Å². The fourth-order valence-corrected chi connectivity index (χ4v) is 19.5. The van der Waals surface area contributed by atoms with Crippen LogP contribution in [0.2, 0.25) is 0 Å². The predicted octanol–water partition coefficient (Wildman–Crippen LogP) is -49.4. The second kappa shape index (κ2) is 91.8. The standard InChI is InChI=1S/3C8H18N2O2P2.8C4H8O.7ClH.13Li/c3*1-7(2,3)9-13(11)10(14(9)12)8(4,5)6;8*1-2-4-5-3-1;;;;;;;;;;;;;;;;;;;;/h3*1-6H3;8*1-4H2;7*1H;;;;;;;;;;;;;/q3*-2;;;;;;;;;;;;;;;;13*+1/p-7. The van der Waals surface area contributed by atoms with Gasteiger partial charge < -0.3 is 154 Å². The van der Waals surface area contributed by atoms with Crippen LogP contribution < -0.4 is 361 Å². The third-order valence-electron chi connectivity index (χ3n) is 12.2. The van der Waals surface area contributed by atoms with Gasteiger partial charge in [0.1, 0.15) is 0 Å². The molecule has 0 aromatic rings. The van der Waals surface area contributed by atoms with E-state index in [4.69, 9.17) is 37.9 Å². The van der Waals surface area contributed by atoms with Crippen molar-refractivity contribution in [1.29, 1.82) is 0 Å². The summed E-state index contributed by atoms with van der Waals surface area (Å²) in [6.07, 6.45) is 20.4. The molecule has 0 amide bonds. The van der Waals surface area contributed by atoms with Crippen LogP contribution in [0.3, 0.4) is 0 Å². The molecule has 11 saturated heterocycles. The van der Waals surface area contributed by atoms with Gasteiger partial charge in [-0.1, -0.05) is 0 Å². The summed E-state index contributed by atoms with van der Waals surface area (Å²) in [5.41, 5.74) is -1.73. The molecule has 11 aliphatic heterocycles. The van der Waals surface area contributed by atoms with E-state index in [0.717, 1.165) is 106 Å². The molecular formula is C56H118Cl7Li13N6O14P6. The largest absolute Gasteiger partial charge is 1.00 e. The summed E-state index contributed by atoms with van der Waals surface area (Å²) in [5.74, 6) is 0. The Morgan fingerprint density at radius 1 is 0.167 bits per heavy atom. The molecule has 0 aromatic carbocycles. The Balaban J connectivity index is -0.0000000405. The predicted molar refractivity (Wildman–Crippen MR) is 331 cm³/mol. The van der Waals surface area contributed by atoms with Crippen LogP contribution in [-0.2, 0) is 37.9 Å². The molecule has 46 heteroatoms. The van der Waals surface area contributed by atoms with Crippen molar-refractivity contribution in [3.63, 3.8) is 0 Å². The van der Waals surface area contributed by atoms with Crippen molar-refractivity contribution in [2.45, 2.75) is 261 Å². The Hall–Kier alpha value is 11.6. The van der Waals surface area contributed by atoms with Gasteiger partial charge >= 0.3 is 245 Å². The van der Waals surface area contributed by atoms with Gasteiger partial charge in [-0.2, -0.15) is 0 Å². The van der Waals surface area contributed by atoms with Gasteiger partial charge in [0.25, 0.3) is 0 Å². The second-order valence-electron chi connectivity index (χ2n) is 26.8. The van der Waals surface area contributed by atoms with Crippen LogP contribution in [0.4, 0.5) is 0 Å². The smallest absolute Gasteiger partial charge is 1.00 e. The topological polar surface area (TPSA) is 232 Å². The zero-order chi connectivity index (χ0) is 62.2. The van der Waals surface area contributed by atoms with E-state index in [-0.39, 0.29) is 365 Å². The first-order valence-corrected chi connectivity index (χ1v) is 37.4. The van der Waals surface area contributed by atoms with E-state index in [1.807, 2.05) is 125 Å².